The van der Waals surface area contributed by atoms with E-state index in [0.29, 0.717) is 11.6 Å². The SMILES string of the molecule is Fc1ccc(NCC=Cc2ccccc2)c(Cl)c1. The van der Waals surface area contributed by atoms with Gasteiger partial charge in [0.15, 0.2) is 0 Å². The molecule has 0 aliphatic rings. The molecule has 0 aliphatic carbocycles. The second kappa shape index (κ2) is 6.22. The maximum Gasteiger partial charge on any atom is 0.124 e. The summed E-state index contributed by atoms with van der Waals surface area (Å²) in [5.74, 6) is -0.328. The van der Waals surface area contributed by atoms with E-state index in [9.17, 15) is 4.39 Å². The van der Waals surface area contributed by atoms with Gasteiger partial charge in [-0.25, -0.2) is 4.39 Å². The molecule has 2 aromatic carbocycles. The quantitative estimate of drug-likeness (QED) is 0.848. The first-order chi connectivity index (χ1) is 8.75. The van der Waals surface area contributed by atoms with E-state index in [0.717, 1.165) is 11.3 Å². The molecule has 0 atom stereocenters. The molecule has 1 nitrogen and oxygen atoms in total. The van der Waals surface area contributed by atoms with Gasteiger partial charge in [-0.3, -0.25) is 0 Å². The largest absolute Gasteiger partial charge is 0.380 e. The second-order valence-corrected chi connectivity index (χ2v) is 4.23. The Morgan fingerprint density at radius 3 is 2.61 bits per heavy atom. The van der Waals surface area contributed by atoms with Crippen molar-refractivity contribution in [3.05, 3.63) is 71.0 Å². The Labute approximate surface area is 111 Å². The highest BCUT2D eigenvalue weighted by Gasteiger charge is 1.99. The molecule has 0 aromatic heterocycles. The molecule has 2 rings (SSSR count). The molecule has 0 fully saturated rings. The lowest BCUT2D eigenvalue weighted by atomic mass is 10.2. The van der Waals surface area contributed by atoms with E-state index >= 15 is 0 Å². The number of hydrogen-bond donors (Lipinski definition) is 1. The molecule has 92 valence electrons. The fourth-order valence-electron chi connectivity index (χ4n) is 1.56. The highest BCUT2D eigenvalue weighted by Crippen LogP contribution is 2.22. The average Bonchev–Trinajstić information content (AvgIpc) is 2.38. The van der Waals surface area contributed by atoms with Gasteiger partial charge in [-0.15, -0.1) is 0 Å². The molecule has 0 saturated heterocycles. The monoisotopic (exact) mass is 261 g/mol. The predicted molar refractivity (Wildman–Crippen MR) is 75.4 cm³/mol. The van der Waals surface area contributed by atoms with Gasteiger partial charge in [0.2, 0.25) is 0 Å². The van der Waals surface area contributed by atoms with Gasteiger partial charge in [-0.2, -0.15) is 0 Å². The summed E-state index contributed by atoms with van der Waals surface area (Å²) in [6.45, 7) is 0.639. The van der Waals surface area contributed by atoms with Crippen LogP contribution in [0.25, 0.3) is 6.08 Å². The van der Waals surface area contributed by atoms with Crippen LogP contribution in [0, 0.1) is 5.82 Å². The third-order valence-corrected chi connectivity index (χ3v) is 2.76. The first kappa shape index (κ1) is 12.7. The lowest BCUT2D eigenvalue weighted by molar-refractivity contribution is 0.628. The van der Waals surface area contributed by atoms with Crippen molar-refractivity contribution in [3.63, 3.8) is 0 Å². The molecule has 2 aromatic rings. The van der Waals surface area contributed by atoms with Crippen molar-refractivity contribution >= 4 is 23.4 Å². The van der Waals surface area contributed by atoms with Crippen LogP contribution in [0.3, 0.4) is 0 Å². The Kier molecular flexibility index (Phi) is 4.37. The average molecular weight is 262 g/mol. The van der Waals surface area contributed by atoms with Crippen molar-refractivity contribution in [2.75, 3.05) is 11.9 Å². The second-order valence-electron chi connectivity index (χ2n) is 3.82. The number of halogens is 2. The zero-order chi connectivity index (χ0) is 12.8. The third-order valence-electron chi connectivity index (χ3n) is 2.45. The Balaban J connectivity index is 1.91. The number of anilines is 1. The molecule has 0 heterocycles. The summed E-state index contributed by atoms with van der Waals surface area (Å²) in [6.07, 6.45) is 4.01. The van der Waals surface area contributed by atoms with Crippen LogP contribution >= 0.6 is 11.6 Å². The van der Waals surface area contributed by atoms with Crippen LogP contribution in [0.1, 0.15) is 5.56 Å². The zero-order valence-corrected chi connectivity index (χ0v) is 10.5. The van der Waals surface area contributed by atoms with E-state index in [1.165, 1.54) is 12.1 Å². The van der Waals surface area contributed by atoms with Crippen LogP contribution in [0.4, 0.5) is 10.1 Å². The van der Waals surface area contributed by atoms with Crippen molar-refractivity contribution in [1.82, 2.24) is 0 Å². The zero-order valence-electron chi connectivity index (χ0n) is 9.74. The van der Waals surface area contributed by atoms with E-state index in [1.807, 2.05) is 42.5 Å². The smallest absolute Gasteiger partial charge is 0.124 e. The fourth-order valence-corrected chi connectivity index (χ4v) is 1.79. The third kappa shape index (κ3) is 3.60. The molecule has 0 spiro atoms. The van der Waals surface area contributed by atoms with Gasteiger partial charge in [-0.1, -0.05) is 54.1 Å². The maximum absolute atomic E-state index is 12.8. The van der Waals surface area contributed by atoms with Gasteiger partial charge in [0.1, 0.15) is 5.82 Å². The molecule has 0 aliphatic heterocycles. The van der Waals surface area contributed by atoms with Crippen LogP contribution in [0.2, 0.25) is 5.02 Å². The van der Waals surface area contributed by atoms with Crippen molar-refractivity contribution in [2.24, 2.45) is 0 Å². The summed E-state index contributed by atoms with van der Waals surface area (Å²) in [4.78, 5) is 0. The molecule has 0 radical (unpaired) electrons. The van der Waals surface area contributed by atoms with Gasteiger partial charge in [0.25, 0.3) is 0 Å². The van der Waals surface area contributed by atoms with Crippen molar-refractivity contribution in [3.8, 4) is 0 Å². The van der Waals surface area contributed by atoms with Gasteiger partial charge in [0, 0.05) is 6.54 Å². The normalized spacial score (nSPS) is 10.8. The van der Waals surface area contributed by atoms with Crippen LogP contribution in [-0.2, 0) is 0 Å². The molecular formula is C15H13ClFN. The molecule has 3 heteroatoms. The van der Waals surface area contributed by atoms with Crippen LogP contribution < -0.4 is 5.32 Å². The molecule has 0 amide bonds. The molecular weight excluding hydrogens is 249 g/mol. The van der Waals surface area contributed by atoms with Gasteiger partial charge < -0.3 is 5.32 Å². The van der Waals surface area contributed by atoms with Crippen LogP contribution in [0.15, 0.2) is 54.6 Å². The molecule has 1 N–H and O–H groups in total. The number of rotatable bonds is 4. The minimum Gasteiger partial charge on any atom is -0.380 e. The van der Waals surface area contributed by atoms with Gasteiger partial charge in [0.05, 0.1) is 10.7 Å². The van der Waals surface area contributed by atoms with E-state index in [2.05, 4.69) is 5.32 Å². The van der Waals surface area contributed by atoms with E-state index in [1.54, 1.807) is 6.07 Å². The number of benzene rings is 2. The predicted octanol–water partition coefficient (Wildman–Crippen LogP) is 4.60. The highest BCUT2D eigenvalue weighted by molar-refractivity contribution is 6.33. The Bertz CT molecular complexity index is 537. The molecule has 18 heavy (non-hydrogen) atoms. The molecule has 0 unspecified atom stereocenters. The lowest BCUT2D eigenvalue weighted by Crippen LogP contribution is -1.98. The lowest BCUT2D eigenvalue weighted by Gasteiger charge is -2.05. The summed E-state index contributed by atoms with van der Waals surface area (Å²) in [7, 11) is 0. The standard InChI is InChI=1S/C15H13ClFN/c16-14-11-13(17)8-9-15(14)18-10-4-7-12-5-2-1-3-6-12/h1-9,11,18H,10H2. The first-order valence-corrected chi connectivity index (χ1v) is 6.04. The van der Waals surface area contributed by atoms with Gasteiger partial charge in [-0.05, 0) is 23.8 Å². The summed E-state index contributed by atoms with van der Waals surface area (Å²) >= 11 is 5.90. The Hall–Kier alpha value is -1.80. The minimum absolute atomic E-state index is 0.328. The summed E-state index contributed by atoms with van der Waals surface area (Å²) in [5.41, 5.74) is 1.88. The minimum atomic E-state index is -0.328. The fraction of sp³-hybridized carbons (Fsp3) is 0.0667. The van der Waals surface area contributed by atoms with Crippen LogP contribution in [0.5, 0.6) is 0 Å². The van der Waals surface area contributed by atoms with Crippen molar-refractivity contribution in [2.45, 2.75) is 0 Å². The van der Waals surface area contributed by atoms with E-state index in [4.69, 9.17) is 11.6 Å². The summed E-state index contributed by atoms with van der Waals surface area (Å²) < 4.78 is 12.8. The van der Waals surface area contributed by atoms with Crippen LogP contribution in [-0.4, -0.2) is 6.54 Å². The van der Waals surface area contributed by atoms with Gasteiger partial charge >= 0.3 is 0 Å². The molecule has 0 bridgehead atoms. The number of hydrogen-bond acceptors (Lipinski definition) is 1. The van der Waals surface area contributed by atoms with E-state index in [-0.39, 0.29) is 5.82 Å². The maximum atomic E-state index is 12.8. The Morgan fingerprint density at radius 1 is 1.11 bits per heavy atom. The topological polar surface area (TPSA) is 12.0 Å². The summed E-state index contributed by atoms with van der Waals surface area (Å²) in [6, 6.07) is 14.3. The first-order valence-electron chi connectivity index (χ1n) is 5.66. The van der Waals surface area contributed by atoms with E-state index < -0.39 is 0 Å². The molecule has 0 saturated carbocycles. The van der Waals surface area contributed by atoms with Crippen molar-refractivity contribution in [1.29, 1.82) is 0 Å². The highest BCUT2D eigenvalue weighted by atomic mass is 35.5. The number of nitrogens with one attached hydrogen (secondary N) is 1. The Morgan fingerprint density at radius 2 is 1.89 bits per heavy atom. The van der Waals surface area contributed by atoms with Crippen molar-refractivity contribution < 1.29 is 4.39 Å². The summed E-state index contributed by atoms with van der Waals surface area (Å²) in [5, 5.41) is 3.52.